The van der Waals surface area contributed by atoms with E-state index in [9.17, 15) is 13.6 Å². The van der Waals surface area contributed by atoms with Crippen molar-refractivity contribution < 1.29 is 18.3 Å². The summed E-state index contributed by atoms with van der Waals surface area (Å²) < 4.78 is 32.9. The van der Waals surface area contributed by atoms with E-state index < -0.39 is 18.0 Å². The Morgan fingerprint density at radius 2 is 2.09 bits per heavy atom. The maximum atomic E-state index is 14.6. The average Bonchev–Trinajstić information content (AvgIpc) is 2.98. The third kappa shape index (κ3) is 2.32. The smallest absolute Gasteiger partial charge is 0.340 e. The molecule has 0 saturated heterocycles. The van der Waals surface area contributed by atoms with Crippen LogP contribution in [-0.2, 0) is 4.74 Å². The normalized spacial score (nSPS) is 12.3. The van der Waals surface area contributed by atoms with E-state index in [2.05, 4.69) is 14.7 Å². The molecular formula is C16H12F2N2O2. The topological polar surface area (TPSA) is 55.0 Å². The van der Waals surface area contributed by atoms with Crippen LogP contribution in [0.15, 0.2) is 42.6 Å². The summed E-state index contributed by atoms with van der Waals surface area (Å²) in [6, 6.07) is 8.56. The molecule has 4 nitrogen and oxygen atoms in total. The summed E-state index contributed by atoms with van der Waals surface area (Å²) in [7, 11) is 1.26. The molecule has 2 aromatic heterocycles. The highest BCUT2D eigenvalue weighted by atomic mass is 19.1. The Balaban J connectivity index is 2.09. The average molecular weight is 302 g/mol. The molecule has 0 spiro atoms. The Hall–Kier alpha value is -2.76. The van der Waals surface area contributed by atoms with Gasteiger partial charge in [0.1, 0.15) is 5.82 Å². The number of aromatic amines is 1. The molecule has 3 rings (SSSR count). The minimum Gasteiger partial charge on any atom is -0.465 e. The third-order valence-corrected chi connectivity index (χ3v) is 3.40. The molecule has 1 N–H and O–H groups in total. The number of benzene rings is 1. The lowest BCUT2D eigenvalue weighted by atomic mass is 10.1. The van der Waals surface area contributed by atoms with E-state index in [1.807, 2.05) is 0 Å². The Morgan fingerprint density at radius 3 is 2.82 bits per heavy atom. The van der Waals surface area contributed by atoms with Crippen LogP contribution in [0, 0.1) is 5.82 Å². The quantitative estimate of drug-likeness (QED) is 0.753. The number of nitrogens with one attached hydrogen (secondary N) is 1. The fourth-order valence-electron chi connectivity index (χ4n) is 2.31. The molecule has 0 fully saturated rings. The molecule has 0 radical (unpaired) electrons. The van der Waals surface area contributed by atoms with Gasteiger partial charge in [-0.3, -0.25) is 4.98 Å². The fourth-order valence-corrected chi connectivity index (χ4v) is 2.31. The van der Waals surface area contributed by atoms with Crippen LogP contribution >= 0.6 is 0 Å². The van der Waals surface area contributed by atoms with Gasteiger partial charge in [-0.05, 0) is 18.2 Å². The highest BCUT2D eigenvalue weighted by molar-refractivity contribution is 6.01. The predicted octanol–water partition coefficient (Wildman–Crippen LogP) is 3.55. The van der Waals surface area contributed by atoms with Gasteiger partial charge in [0.2, 0.25) is 0 Å². The molecule has 0 aliphatic carbocycles. The van der Waals surface area contributed by atoms with Crippen LogP contribution in [0.3, 0.4) is 0 Å². The third-order valence-electron chi connectivity index (χ3n) is 3.40. The van der Waals surface area contributed by atoms with E-state index in [1.54, 1.807) is 6.07 Å². The number of carbonyl (C=O) groups is 1. The van der Waals surface area contributed by atoms with Gasteiger partial charge < -0.3 is 9.72 Å². The first-order valence-electron chi connectivity index (χ1n) is 6.56. The Bertz CT molecular complexity index is 845. The number of ether oxygens (including phenoxy) is 1. The number of H-pyrrole nitrogens is 1. The molecule has 6 heteroatoms. The zero-order valence-corrected chi connectivity index (χ0v) is 11.6. The second kappa shape index (κ2) is 5.55. The van der Waals surface area contributed by atoms with Gasteiger partial charge in [0.05, 0.1) is 29.4 Å². The Labute approximate surface area is 124 Å². The largest absolute Gasteiger partial charge is 0.465 e. The number of aromatic nitrogens is 2. The van der Waals surface area contributed by atoms with Crippen molar-refractivity contribution in [2.75, 3.05) is 7.11 Å². The molecule has 0 saturated carbocycles. The molecule has 0 bridgehead atoms. The molecule has 0 amide bonds. The van der Waals surface area contributed by atoms with Gasteiger partial charge in [-0.1, -0.05) is 18.2 Å². The van der Waals surface area contributed by atoms with Gasteiger partial charge in [-0.2, -0.15) is 0 Å². The molecular weight excluding hydrogens is 290 g/mol. The van der Waals surface area contributed by atoms with Crippen LogP contribution in [0.4, 0.5) is 8.78 Å². The van der Waals surface area contributed by atoms with Crippen LogP contribution in [-0.4, -0.2) is 23.0 Å². The number of alkyl halides is 1. The lowest BCUT2D eigenvalue weighted by molar-refractivity contribution is 0.0602. The number of methoxy groups -OCH3 is 1. The number of esters is 1. The first-order chi connectivity index (χ1) is 10.6. The van der Waals surface area contributed by atoms with Crippen LogP contribution < -0.4 is 0 Å². The van der Waals surface area contributed by atoms with Crippen LogP contribution in [0.25, 0.3) is 11.0 Å². The minimum atomic E-state index is -1.68. The molecule has 112 valence electrons. The lowest BCUT2D eigenvalue weighted by Gasteiger charge is -2.07. The Kier molecular flexibility index (Phi) is 3.58. The minimum absolute atomic E-state index is 0.0753. The molecule has 2 heterocycles. The lowest BCUT2D eigenvalue weighted by Crippen LogP contribution is -2.02. The number of fused-ring (bicyclic) bond motifs is 1. The summed E-state index contributed by atoms with van der Waals surface area (Å²) in [5.74, 6) is -1.18. The van der Waals surface area contributed by atoms with Crippen molar-refractivity contribution in [1.82, 2.24) is 9.97 Å². The molecule has 3 aromatic rings. The predicted molar refractivity (Wildman–Crippen MR) is 76.8 cm³/mol. The second-order valence-electron chi connectivity index (χ2n) is 4.72. The molecule has 1 unspecified atom stereocenters. The van der Waals surface area contributed by atoms with Gasteiger partial charge in [0.15, 0.2) is 6.17 Å². The molecule has 1 atom stereocenters. The summed E-state index contributed by atoms with van der Waals surface area (Å²) in [5, 5.41) is 0. The standard InChI is InChI=1S/C16H12F2N2O2/c1-22-16(21)10-6-7-19-13-8-12(20-15(10)13)14(18)9-4-2-3-5-11(9)17/h2-8,14,20H,1H3. The number of rotatable bonds is 3. The Morgan fingerprint density at radius 1 is 1.32 bits per heavy atom. The van der Waals surface area contributed by atoms with E-state index >= 15 is 0 Å². The highest BCUT2D eigenvalue weighted by Crippen LogP contribution is 2.30. The zero-order chi connectivity index (χ0) is 15.7. The summed E-state index contributed by atoms with van der Waals surface area (Å²) >= 11 is 0. The summed E-state index contributed by atoms with van der Waals surface area (Å²) in [6.07, 6.45) is -0.247. The van der Waals surface area contributed by atoms with Gasteiger partial charge in [-0.15, -0.1) is 0 Å². The van der Waals surface area contributed by atoms with E-state index in [0.29, 0.717) is 11.0 Å². The number of hydrogen-bond acceptors (Lipinski definition) is 3. The summed E-state index contributed by atoms with van der Waals surface area (Å²) in [6.45, 7) is 0. The van der Waals surface area contributed by atoms with Crippen molar-refractivity contribution in [3.63, 3.8) is 0 Å². The zero-order valence-electron chi connectivity index (χ0n) is 11.6. The molecule has 0 aliphatic heterocycles. The second-order valence-corrected chi connectivity index (χ2v) is 4.72. The van der Waals surface area contributed by atoms with Crippen molar-refractivity contribution in [2.45, 2.75) is 6.17 Å². The SMILES string of the molecule is COC(=O)c1ccnc2cc(C(F)c3ccccc3F)[nH]c12. The van der Waals surface area contributed by atoms with E-state index in [4.69, 9.17) is 0 Å². The number of carbonyl (C=O) groups excluding carboxylic acids is 1. The monoisotopic (exact) mass is 302 g/mol. The van der Waals surface area contributed by atoms with Gasteiger partial charge in [0, 0.05) is 11.8 Å². The van der Waals surface area contributed by atoms with Gasteiger partial charge >= 0.3 is 5.97 Å². The van der Waals surface area contributed by atoms with Gasteiger partial charge in [0.25, 0.3) is 0 Å². The maximum Gasteiger partial charge on any atom is 0.340 e. The van der Waals surface area contributed by atoms with Crippen molar-refractivity contribution in [3.05, 3.63) is 65.2 Å². The number of pyridine rings is 1. The summed E-state index contributed by atoms with van der Waals surface area (Å²) in [4.78, 5) is 18.6. The number of halogens is 2. The first kappa shape index (κ1) is 14.2. The van der Waals surface area contributed by atoms with Crippen LogP contribution in [0.2, 0.25) is 0 Å². The number of hydrogen-bond donors (Lipinski definition) is 1. The van der Waals surface area contributed by atoms with E-state index in [1.165, 1.54) is 43.6 Å². The molecule has 0 aliphatic rings. The van der Waals surface area contributed by atoms with Gasteiger partial charge in [-0.25, -0.2) is 13.6 Å². The van der Waals surface area contributed by atoms with Crippen molar-refractivity contribution in [3.8, 4) is 0 Å². The first-order valence-corrected chi connectivity index (χ1v) is 6.56. The maximum absolute atomic E-state index is 14.6. The highest BCUT2D eigenvalue weighted by Gasteiger charge is 2.21. The molecule has 22 heavy (non-hydrogen) atoms. The van der Waals surface area contributed by atoms with Crippen molar-refractivity contribution in [1.29, 1.82) is 0 Å². The molecule has 1 aromatic carbocycles. The van der Waals surface area contributed by atoms with Crippen LogP contribution in [0.1, 0.15) is 27.8 Å². The van der Waals surface area contributed by atoms with E-state index in [0.717, 1.165) is 0 Å². The van der Waals surface area contributed by atoms with Crippen molar-refractivity contribution >= 4 is 17.0 Å². The fraction of sp³-hybridized carbons (Fsp3) is 0.125. The number of nitrogens with zero attached hydrogens (tertiary/aromatic N) is 1. The van der Waals surface area contributed by atoms with E-state index in [-0.39, 0.29) is 16.8 Å². The van der Waals surface area contributed by atoms with Crippen LogP contribution in [0.5, 0.6) is 0 Å². The summed E-state index contributed by atoms with van der Waals surface area (Å²) in [5.41, 5.74) is 1.08. The van der Waals surface area contributed by atoms with Crippen molar-refractivity contribution in [2.24, 2.45) is 0 Å².